The number of piperidine rings is 1. The van der Waals surface area contributed by atoms with Crippen LogP contribution in [0.1, 0.15) is 31.2 Å². The number of rotatable bonds is 4. The summed E-state index contributed by atoms with van der Waals surface area (Å²) >= 11 is 0. The summed E-state index contributed by atoms with van der Waals surface area (Å²) in [4.78, 5) is 27.8. The molecule has 0 aliphatic carbocycles. The first-order valence-electron chi connectivity index (χ1n) is 8.05. The average molecular weight is 301 g/mol. The van der Waals surface area contributed by atoms with Crippen LogP contribution < -0.4 is 10.6 Å². The minimum atomic E-state index is -0.385. The smallest absolute Gasteiger partial charge is 0.227 e. The van der Waals surface area contributed by atoms with Gasteiger partial charge in [0, 0.05) is 25.2 Å². The summed E-state index contributed by atoms with van der Waals surface area (Å²) in [7, 11) is 0. The molecule has 2 amide bonds. The van der Waals surface area contributed by atoms with Gasteiger partial charge in [-0.1, -0.05) is 24.6 Å². The SMILES string of the molecule is NC(=O)C1CC(=O)N(c2ccccc2CN2CCCCC2)C1. The van der Waals surface area contributed by atoms with E-state index in [0.717, 1.165) is 30.9 Å². The molecular weight excluding hydrogens is 278 g/mol. The minimum Gasteiger partial charge on any atom is -0.369 e. The standard InChI is InChI=1S/C17H23N3O2/c18-17(22)14-10-16(21)20(12-14)15-7-3-2-6-13(15)11-19-8-4-1-5-9-19/h2-3,6-7,14H,1,4-5,8-12H2,(H2,18,22). The van der Waals surface area contributed by atoms with E-state index in [1.54, 1.807) is 4.90 Å². The summed E-state index contributed by atoms with van der Waals surface area (Å²) in [6, 6.07) is 8.00. The number of nitrogens with two attached hydrogens (primary N) is 1. The second kappa shape index (κ2) is 6.48. The Morgan fingerprint density at radius 1 is 1.18 bits per heavy atom. The molecule has 1 unspecified atom stereocenters. The van der Waals surface area contributed by atoms with Crippen LogP contribution in [0.15, 0.2) is 24.3 Å². The first kappa shape index (κ1) is 15.0. The molecule has 0 radical (unpaired) electrons. The molecule has 5 heteroatoms. The lowest BCUT2D eigenvalue weighted by Crippen LogP contribution is -2.32. The van der Waals surface area contributed by atoms with Gasteiger partial charge in [-0.2, -0.15) is 0 Å². The molecule has 2 aliphatic rings. The van der Waals surface area contributed by atoms with Crippen molar-refractivity contribution >= 4 is 17.5 Å². The predicted molar refractivity (Wildman–Crippen MR) is 85.2 cm³/mol. The highest BCUT2D eigenvalue weighted by Gasteiger charge is 2.34. The van der Waals surface area contributed by atoms with E-state index in [9.17, 15) is 9.59 Å². The van der Waals surface area contributed by atoms with Gasteiger partial charge in [0.15, 0.2) is 0 Å². The van der Waals surface area contributed by atoms with Crippen molar-refractivity contribution in [3.05, 3.63) is 29.8 Å². The van der Waals surface area contributed by atoms with E-state index in [-0.39, 0.29) is 24.2 Å². The number of carbonyl (C=O) groups excluding carboxylic acids is 2. The molecule has 1 atom stereocenters. The zero-order valence-corrected chi connectivity index (χ0v) is 12.8. The van der Waals surface area contributed by atoms with Gasteiger partial charge in [0.25, 0.3) is 0 Å². The number of para-hydroxylation sites is 1. The van der Waals surface area contributed by atoms with Crippen LogP contribution in [0.2, 0.25) is 0 Å². The molecule has 1 aromatic rings. The van der Waals surface area contributed by atoms with Crippen LogP contribution in [-0.2, 0) is 16.1 Å². The van der Waals surface area contributed by atoms with E-state index in [2.05, 4.69) is 11.0 Å². The normalized spacial score (nSPS) is 23.0. The second-order valence-corrected chi connectivity index (χ2v) is 6.27. The fourth-order valence-corrected chi connectivity index (χ4v) is 3.40. The second-order valence-electron chi connectivity index (χ2n) is 6.27. The van der Waals surface area contributed by atoms with Crippen LogP contribution in [0, 0.1) is 5.92 Å². The van der Waals surface area contributed by atoms with E-state index < -0.39 is 0 Å². The van der Waals surface area contributed by atoms with Gasteiger partial charge in [-0.25, -0.2) is 0 Å². The van der Waals surface area contributed by atoms with Gasteiger partial charge < -0.3 is 10.6 Å². The maximum atomic E-state index is 12.2. The van der Waals surface area contributed by atoms with Gasteiger partial charge in [0.1, 0.15) is 0 Å². The number of nitrogens with zero attached hydrogens (tertiary/aromatic N) is 2. The maximum Gasteiger partial charge on any atom is 0.227 e. The Morgan fingerprint density at radius 3 is 2.59 bits per heavy atom. The number of benzene rings is 1. The van der Waals surface area contributed by atoms with Gasteiger partial charge in [-0.3, -0.25) is 14.5 Å². The van der Waals surface area contributed by atoms with Gasteiger partial charge in [-0.15, -0.1) is 0 Å². The molecule has 2 fully saturated rings. The highest BCUT2D eigenvalue weighted by molar-refractivity contribution is 6.00. The monoisotopic (exact) mass is 301 g/mol. The third kappa shape index (κ3) is 3.14. The number of primary amides is 1. The lowest BCUT2D eigenvalue weighted by atomic mass is 10.1. The van der Waals surface area contributed by atoms with Crippen LogP contribution in [0.5, 0.6) is 0 Å². The van der Waals surface area contributed by atoms with Crippen molar-refractivity contribution in [2.24, 2.45) is 11.7 Å². The number of hydrogen-bond acceptors (Lipinski definition) is 3. The van der Waals surface area contributed by atoms with Crippen molar-refractivity contribution in [3.8, 4) is 0 Å². The Kier molecular flexibility index (Phi) is 4.43. The molecule has 0 spiro atoms. The van der Waals surface area contributed by atoms with Gasteiger partial charge in [0.05, 0.1) is 5.92 Å². The van der Waals surface area contributed by atoms with E-state index in [1.165, 1.54) is 19.3 Å². The van der Waals surface area contributed by atoms with Crippen LogP contribution in [-0.4, -0.2) is 36.3 Å². The van der Waals surface area contributed by atoms with Crippen LogP contribution in [0.25, 0.3) is 0 Å². The van der Waals surface area contributed by atoms with E-state index in [4.69, 9.17) is 5.73 Å². The predicted octanol–water partition coefficient (Wildman–Crippen LogP) is 1.51. The van der Waals surface area contributed by atoms with E-state index >= 15 is 0 Å². The molecule has 3 rings (SSSR count). The third-order valence-electron chi connectivity index (χ3n) is 4.65. The van der Waals surface area contributed by atoms with Crippen molar-refractivity contribution in [1.82, 2.24) is 4.90 Å². The Morgan fingerprint density at radius 2 is 1.91 bits per heavy atom. The number of likely N-dealkylation sites (tertiary alicyclic amines) is 1. The van der Waals surface area contributed by atoms with Crippen molar-refractivity contribution < 1.29 is 9.59 Å². The molecule has 2 saturated heterocycles. The van der Waals surface area contributed by atoms with Crippen LogP contribution in [0.4, 0.5) is 5.69 Å². The summed E-state index contributed by atoms with van der Waals surface area (Å²) in [5.41, 5.74) is 7.45. The lowest BCUT2D eigenvalue weighted by molar-refractivity contribution is -0.123. The minimum absolute atomic E-state index is 0.00473. The molecule has 22 heavy (non-hydrogen) atoms. The summed E-state index contributed by atoms with van der Waals surface area (Å²) in [6.45, 7) is 3.50. The molecule has 2 aliphatic heterocycles. The summed E-state index contributed by atoms with van der Waals surface area (Å²) in [5, 5.41) is 0. The summed E-state index contributed by atoms with van der Waals surface area (Å²) < 4.78 is 0. The molecular formula is C17H23N3O2. The summed E-state index contributed by atoms with van der Waals surface area (Å²) in [6.07, 6.45) is 4.03. The topological polar surface area (TPSA) is 66.6 Å². The molecule has 0 saturated carbocycles. The van der Waals surface area contributed by atoms with Crippen molar-refractivity contribution in [1.29, 1.82) is 0 Å². The third-order valence-corrected chi connectivity index (χ3v) is 4.65. The van der Waals surface area contributed by atoms with Crippen molar-refractivity contribution in [2.75, 3.05) is 24.5 Å². The highest BCUT2D eigenvalue weighted by Crippen LogP contribution is 2.29. The van der Waals surface area contributed by atoms with Crippen LogP contribution in [0.3, 0.4) is 0 Å². The molecule has 2 N–H and O–H groups in total. The quantitative estimate of drug-likeness (QED) is 0.916. The maximum absolute atomic E-state index is 12.2. The zero-order valence-electron chi connectivity index (χ0n) is 12.8. The molecule has 0 bridgehead atoms. The van der Waals surface area contributed by atoms with Gasteiger partial charge in [0.2, 0.25) is 11.8 Å². The Hall–Kier alpha value is -1.88. The molecule has 118 valence electrons. The summed E-state index contributed by atoms with van der Waals surface area (Å²) in [5.74, 6) is -0.755. The van der Waals surface area contributed by atoms with E-state index in [0.29, 0.717) is 6.54 Å². The number of amides is 2. The first-order chi connectivity index (χ1) is 10.6. The lowest BCUT2D eigenvalue weighted by Gasteiger charge is -2.28. The Labute approximate surface area is 131 Å². The van der Waals surface area contributed by atoms with E-state index in [1.807, 2.05) is 18.2 Å². The fourth-order valence-electron chi connectivity index (χ4n) is 3.40. The molecule has 0 aromatic heterocycles. The van der Waals surface area contributed by atoms with Crippen LogP contribution >= 0.6 is 0 Å². The Bertz CT molecular complexity index is 567. The molecule has 1 aromatic carbocycles. The molecule has 5 nitrogen and oxygen atoms in total. The first-order valence-corrected chi connectivity index (χ1v) is 8.05. The molecule has 2 heterocycles. The average Bonchev–Trinajstić information content (AvgIpc) is 2.91. The zero-order chi connectivity index (χ0) is 15.5. The number of hydrogen-bond donors (Lipinski definition) is 1. The number of anilines is 1. The highest BCUT2D eigenvalue weighted by atomic mass is 16.2. The van der Waals surface area contributed by atoms with Crippen molar-refractivity contribution in [3.63, 3.8) is 0 Å². The number of carbonyl (C=O) groups is 2. The van der Waals surface area contributed by atoms with Gasteiger partial charge >= 0.3 is 0 Å². The van der Waals surface area contributed by atoms with Gasteiger partial charge in [-0.05, 0) is 37.6 Å². The largest absolute Gasteiger partial charge is 0.369 e. The van der Waals surface area contributed by atoms with Crippen molar-refractivity contribution in [2.45, 2.75) is 32.2 Å². The fraction of sp³-hybridized carbons (Fsp3) is 0.529. The Balaban J connectivity index is 1.79.